The van der Waals surface area contributed by atoms with Gasteiger partial charge in [-0.05, 0) is 13.8 Å². The van der Waals surface area contributed by atoms with Crippen molar-refractivity contribution in [3.8, 4) is 0 Å². The van der Waals surface area contributed by atoms with Crippen LogP contribution in [0, 0.1) is 0 Å². The Bertz CT molecular complexity index is 626. The van der Waals surface area contributed by atoms with E-state index >= 15 is 0 Å². The van der Waals surface area contributed by atoms with Crippen LogP contribution in [0.3, 0.4) is 0 Å². The van der Waals surface area contributed by atoms with E-state index in [1.54, 1.807) is 16.7 Å². The first-order valence-corrected chi connectivity index (χ1v) is 7.44. The number of hydrogen-bond acceptors (Lipinski definition) is 4. The van der Waals surface area contributed by atoms with Crippen molar-refractivity contribution < 1.29 is 9.64 Å². The van der Waals surface area contributed by atoms with E-state index in [4.69, 9.17) is 4.74 Å². The zero-order valence-electron chi connectivity index (χ0n) is 11.1. The summed E-state index contributed by atoms with van der Waals surface area (Å²) < 4.78 is 7.32. The van der Waals surface area contributed by atoms with E-state index in [2.05, 4.69) is 18.8 Å². The van der Waals surface area contributed by atoms with Crippen molar-refractivity contribution in [2.75, 3.05) is 13.1 Å². The lowest BCUT2D eigenvalue weighted by atomic mass is 10.2. The van der Waals surface area contributed by atoms with Gasteiger partial charge in [0, 0.05) is 17.6 Å². The highest BCUT2D eigenvalue weighted by molar-refractivity contribution is 7.15. The quantitative estimate of drug-likeness (QED) is 0.839. The van der Waals surface area contributed by atoms with Crippen LogP contribution in [0.1, 0.15) is 19.5 Å². The Morgan fingerprint density at radius 3 is 2.95 bits per heavy atom. The minimum atomic E-state index is 0.00927. The number of nitrogens with zero attached hydrogens (tertiary/aromatic N) is 2. The number of aromatic nitrogens is 2. The highest BCUT2D eigenvalue weighted by Crippen LogP contribution is 2.06. The number of quaternary nitrogens is 1. The van der Waals surface area contributed by atoms with Crippen LogP contribution in [0.5, 0.6) is 0 Å². The monoisotopic (exact) mass is 280 g/mol. The van der Waals surface area contributed by atoms with Gasteiger partial charge in [0.15, 0.2) is 4.96 Å². The number of hydrogen-bond donors (Lipinski definition) is 1. The lowest BCUT2D eigenvalue weighted by molar-refractivity contribution is -0.928. The van der Waals surface area contributed by atoms with E-state index < -0.39 is 0 Å². The maximum atomic E-state index is 11.9. The highest BCUT2D eigenvalue weighted by Gasteiger charge is 2.26. The molecule has 0 radical (unpaired) electrons. The Morgan fingerprint density at radius 2 is 2.21 bits per heavy atom. The minimum Gasteiger partial charge on any atom is -0.364 e. The third kappa shape index (κ3) is 2.70. The van der Waals surface area contributed by atoms with Crippen molar-refractivity contribution in [1.82, 2.24) is 9.38 Å². The fraction of sp³-hybridized carbons (Fsp3) is 0.538. The molecule has 0 spiro atoms. The molecule has 1 aliphatic heterocycles. The first-order chi connectivity index (χ1) is 9.11. The topological polar surface area (TPSA) is 48.0 Å². The number of morpholine rings is 1. The molecule has 2 aromatic heterocycles. The molecule has 5 nitrogen and oxygen atoms in total. The number of nitrogens with one attached hydrogen (secondary N) is 1. The predicted octanol–water partition coefficient (Wildman–Crippen LogP) is -0.0519. The van der Waals surface area contributed by atoms with Crippen LogP contribution in [0.15, 0.2) is 22.4 Å². The molecule has 0 aromatic carbocycles. The number of rotatable bonds is 2. The lowest BCUT2D eigenvalue weighted by Gasteiger charge is -2.32. The second-order valence-corrected chi connectivity index (χ2v) is 6.11. The van der Waals surface area contributed by atoms with Crippen molar-refractivity contribution in [3.63, 3.8) is 0 Å². The van der Waals surface area contributed by atoms with E-state index in [1.807, 2.05) is 5.38 Å². The van der Waals surface area contributed by atoms with Crippen molar-refractivity contribution in [3.05, 3.63) is 33.7 Å². The Labute approximate surface area is 115 Å². The third-order valence-electron chi connectivity index (χ3n) is 3.40. The number of thiazole rings is 1. The minimum absolute atomic E-state index is 0.00927. The largest absolute Gasteiger partial charge is 0.364 e. The molecule has 0 unspecified atom stereocenters. The summed E-state index contributed by atoms with van der Waals surface area (Å²) in [7, 11) is 0. The van der Waals surface area contributed by atoms with Gasteiger partial charge >= 0.3 is 0 Å². The van der Waals surface area contributed by atoms with Crippen molar-refractivity contribution in [1.29, 1.82) is 0 Å². The molecule has 1 saturated heterocycles. The molecule has 3 rings (SSSR count). The van der Waals surface area contributed by atoms with Crippen LogP contribution in [0.2, 0.25) is 0 Å². The number of fused-ring (bicyclic) bond motifs is 1. The third-order valence-corrected chi connectivity index (χ3v) is 4.16. The second kappa shape index (κ2) is 5.03. The van der Waals surface area contributed by atoms with Gasteiger partial charge in [0.05, 0.1) is 0 Å². The summed E-state index contributed by atoms with van der Waals surface area (Å²) in [4.78, 5) is 18.7. The SMILES string of the molecule is C[C@@H]1C[NH+](Cc2cc(=O)n3ccsc3n2)C[C@@H](C)O1. The van der Waals surface area contributed by atoms with Crippen LogP contribution in [0.4, 0.5) is 0 Å². The zero-order chi connectivity index (χ0) is 13.4. The summed E-state index contributed by atoms with van der Waals surface area (Å²) >= 11 is 1.50. The van der Waals surface area contributed by atoms with Crippen LogP contribution in [-0.2, 0) is 11.3 Å². The maximum absolute atomic E-state index is 11.9. The molecule has 3 heterocycles. The van der Waals surface area contributed by atoms with Gasteiger partial charge in [-0.15, -0.1) is 11.3 Å². The summed E-state index contributed by atoms with van der Waals surface area (Å²) in [6.07, 6.45) is 2.31. The molecule has 0 amide bonds. The zero-order valence-corrected chi connectivity index (χ0v) is 11.9. The van der Waals surface area contributed by atoms with E-state index in [-0.39, 0.29) is 17.8 Å². The molecular weight excluding hydrogens is 262 g/mol. The predicted molar refractivity (Wildman–Crippen MR) is 73.7 cm³/mol. The van der Waals surface area contributed by atoms with Crippen molar-refractivity contribution in [2.45, 2.75) is 32.6 Å². The summed E-state index contributed by atoms with van der Waals surface area (Å²) in [6.45, 7) is 6.92. The molecule has 1 N–H and O–H groups in total. The molecule has 2 atom stereocenters. The van der Waals surface area contributed by atoms with Gasteiger partial charge in [-0.3, -0.25) is 9.20 Å². The smallest absolute Gasteiger partial charge is 0.258 e. The normalized spacial score (nSPS) is 27.8. The van der Waals surface area contributed by atoms with E-state index in [1.165, 1.54) is 16.2 Å². The van der Waals surface area contributed by atoms with Crippen LogP contribution >= 0.6 is 11.3 Å². The van der Waals surface area contributed by atoms with E-state index in [0.29, 0.717) is 0 Å². The van der Waals surface area contributed by atoms with Gasteiger partial charge in [-0.25, -0.2) is 4.98 Å². The van der Waals surface area contributed by atoms with Crippen LogP contribution in [-0.4, -0.2) is 34.7 Å². The molecule has 102 valence electrons. The molecule has 0 saturated carbocycles. The average molecular weight is 280 g/mol. The van der Waals surface area contributed by atoms with Crippen molar-refractivity contribution in [2.24, 2.45) is 0 Å². The molecule has 1 fully saturated rings. The first kappa shape index (κ1) is 12.8. The van der Waals surface area contributed by atoms with Crippen LogP contribution < -0.4 is 10.5 Å². The van der Waals surface area contributed by atoms with Gasteiger partial charge in [0.2, 0.25) is 0 Å². The fourth-order valence-electron chi connectivity index (χ4n) is 2.77. The molecule has 0 aliphatic carbocycles. The second-order valence-electron chi connectivity index (χ2n) is 5.23. The van der Waals surface area contributed by atoms with E-state index in [9.17, 15) is 4.79 Å². The van der Waals surface area contributed by atoms with Crippen LogP contribution in [0.25, 0.3) is 4.96 Å². The van der Waals surface area contributed by atoms with Gasteiger partial charge in [0.25, 0.3) is 5.56 Å². The Balaban J connectivity index is 1.83. The summed E-state index contributed by atoms with van der Waals surface area (Å²) in [6, 6.07) is 1.65. The molecule has 2 aromatic rings. The Morgan fingerprint density at radius 1 is 1.47 bits per heavy atom. The average Bonchev–Trinajstić information content (AvgIpc) is 2.75. The Kier molecular flexibility index (Phi) is 3.38. The molecule has 0 bridgehead atoms. The van der Waals surface area contributed by atoms with Gasteiger partial charge in [0.1, 0.15) is 37.5 Å². The lowest BCUT2D eigenvalue weighted by Crippen LogP contribution is -3.14. The molecule has 1 aliphatic rings. The standard InChI is InChI=1S/C13H17N3O2S/c1-9-6-15(7-10(2)18-9)8-11-5-12(17)16-3-4-19-13(16)14-11/h3-5,9-10H,6-8H2,1-2H3/p+1/t9-,10-/m1/s1. The Hall–Kier alpha value is -1.24. The highest BCUT2D eigenvalue weighted by atomic mass is 32.1. The number of ether oxygens (including phenoxy) is 1. The fourth-order valence-corrected chi connectivity index (χ4v) is 3.51. The van der Waals surface area contributed by atoms with Gasteiger partial charge in [-0.2, -0.15) is 0 Å². The first-order valence-electron chi connectivity index (χ1n) is 6.56. The summed E-state index contributed by atoms with van der Waals surface area (Å²) in [5.41, 5.74) is 0.888. The van der Waals surface area contributed by atoms with Crippen molar-refractivity contribution >= 4 is 16.3 Å². The maximum Gasteiger partial charge on any atom is 0.258 e. The van der Waals surface area contributed by atoms with E-state index in [0.717, 1.165) is 30.3 Å². The summed E-state index contributed by atoms with van der Waals surface area (Å²) in [5, 5.41) is 1.89. The molecule has 6 heteroatoms. The van der Waals surface area contributed by atoms with Gasteiger partial charge in [-0.1, -0.05) is 0 Å². The molecular formula is C13H18N3O2S+. The van der Waals surface area contributed by atoms with Gasteiger partial charge < -0.3 is 9.64 Å². The summed E-state index contributed by atoms with van der Waals surface area (Å²) in [5.74, 6) is 0. The molecule has 19 heavy (non-hydrogen) atoms.